The first-order chi connectivity index (χ1) is 18.4. The van der Waals surface area contributed by atoms with Crippen molar-refractivity contribution >= 4 is 63.8 Å². The zero-order valence-corrected chi connectivity index (χ0v) is 20.9. The van der Waals surface area contributed by atoms with E-state index in [1.165, 1.54) is 74.7 Å². The summed E-state index contributed by atoms with van der Waals surface area (Å²) >= 11 is 1.90. The van der Waals surface area contributed by atoms with Crippen molar-refractivity contribution < 1.29 is 0 Å². The van der Waals surface area contributed by atoms with Crippen LogP contribution >= 0.6 is 11.3 Å². The third kappa shape index (κ3) is 3.02. The van der Waals surface area contributed by atoms with E-state index >= 15 is 0 Å². The maximum atomic E-state index is 2.44. The average molecular weight is 487 g/mol. The summed E-state index contributed by atoms with van der Waals surface area (Å²) in [6, 6.07) is 48.9. The van der Waals surface area contributed by atoms with E-state index in [9.17, 15) is 0 Å². The molecule has 0 N–H and O–H groups in total. The lowest BCUT2D eigenvalue weighted by atomic mass is 9.84. The van der Waals surface area contributed by atoms with Crippen LogP contribution in [0.1, 0.15) is 0 Å². The van der Waals surface area contributed by atoms with Crippen LogP contribution in [0.5, 0.6) is 0 Å². The summed E-state index contributed by atoms with van der Waals surface area (Å²) in [5.74, 6) is 0. The number of fused-ring (bicyclic) bond motifs is 7. The second-order valence-electron chi connectivity index (χ2n) is 9.65. The first kappa shape index (κ1) is 20.7. The molecular formula is C36H22S. The molecule has 172 valence electrons. The fourth-order valence-corrected chi connectivity index (χ4v) is 7.29. The van der Waals surface area contributed by atoms with E-state index in [-0.39, 0.29) is 0 Å². The average Bonchev–Trinajstić information content (AvgIpc) is 3.35. The number of rotatable bonds is 2. The molecule has 8 aromatic rings. The monoisotopic (exact) mass is 486 g/mol. The van der Waals surface area contributed by atoms with Gasteiger partial charge in [-0.2, -0.15) is 0 Å². The summed E-state index contributed by atoms with van der Waals surface area (Å²) in [6.45, 7) is 0. The molecule has 0 atom stereocenters. The number of hydrogen-bond donors (Lipinski definition) is 0. The smallest absolute Gasteiger partial charge is 0.0368 e. The van der Waals surface area contributed by atoms with Gasteiger partial charge in [0.2, 0.25) is 0 Å². The number of benzene rings is 7. The summed E-state index contributed by atoms with van der Waals surface area (Å²) in [6.07, 6.45) is 0. The van der Waals surface area contributed by atoms with E-state index in [2.05, 4.69) is 133 Å². The predicted octanol–water partition coefficient (Wildman–Crippen LogP) is 10.8. The largest absolute Gasteiger partial charge is 0.135 e. The normalized spacial score (nSPS) is 11.8. The maximum absolute atomic E-state index is 2.44. The van der Waals surface area contributed by atoms with Crippen molar-refractivity contribution in [3.8, 4) is 22.3 Å². The summed E-state index contributed by atoms with van der Waals surface area (Å²) in [7, 11) is 0. The van der Waals surface area contributed by atoms with E-state index in [1.807, 2.05) is 11.3 Å². The molecule has 1 heteroatoms. The maximum Gasteiger partial charge on any atom is 0.0368 e. The second kappa shape index (κ2) is 8.03. The minimum absolute atomic E-state index is 1.26. The van der Waals surface area contributed by atoms with E-state index in [0.29, 0.717) is 0 Å². The van der Waals surface area contributed by atoms with E-state index < -0.39 is 0 Å². The Hall–Kier alpha value is -4.46. The van der Waals surface area contributed by atoms with Crippen LogP contribution in [0.25, 0.3) is 74.7 Å². The van der Waals surface area contributed by atoms with Gasteiger partial charge in [0, 0.05) is 20.2 Å². The molecule has 37 heavy (non-hydrogen) atoms. The van der Waals surface area contributed by atoms with Crippen LogP contribution in [0.4, 0.5) is 0 Å². The molecule has 0 saturated carbocycles. The minimum atomic E-state index is 1.26. The molecule has 7 aromatic carbocycles. The summed E-state index contributed by atoms with van der Waals surface area (Å²) in [5.41, 5.74) is 5.19. The fraction of sp³-hybridized carbons (Fsp3) is 0. The Morgan fingerprint density at radius 1 is 0.351 bits per heavy atom. The Bertz CT molecular complexity index is 2070. The van der Waals surface area contributed by atoms with Gasteiger partial charge in [-0.15, -0.1) is 11.3 Å². The van der Waals surface area contributed by atoms with Crippen LogP contribution in [-0.2, 0) is 0 Å². The fourth-order valence-electron chi connectivity index (χ4n) is 6.13. The molecule has 0 aliphatic rings. The number of hydrogen-bond acceptors (Lipinski definition) is 1. The standard InChI is InChI=1S/C36H22S/c1-2-12-23(13-3-1)34-26-16-6-8-18-28(26)35(29-19-9-7-17-27(29)34)31-22-33-36(25-15-5-4-14-24(25)31)30-20-10-11-21-32(30)37-33/h1-22H. The first-order valence-electron chi connectivity index (χ1n) is 12.7. The third-order valence-electron chi connectivity index (χ3n) is 7.65. The highest BCUT2D eigenvalue weighted by molar-refractivity contribution is 7.26. The minimum Gasteiger partial charge on any atom is -0.135 e. The molecular weight excluding hydrogens is 464 g/mol. The van der Waals surface area contributed by atoms with Crippen molar-refractivity contribution in [3.05, 3.63) is 133 Å². The van der Waals surface area contributed by atoms with Crippen molar-refractivity contribution in [1.29, 1.82) is 0 Å². The predicted molar refractivity (Wildman–Crippen MR) is 163 cm³/mol. The quantitative estimate of drug-likeness (QED) is 0.213. The highest BCUT2D eigenvalue weighted by atomic mass is 32.1. The van der Waals surface area contributed by atoms with Crippen LogP contribution in [0.3, 0.4) is 0 Å². The van der Waals surface area contributed by atoms with Gasteiger partial charge in [-0.25, -0.2) is 0 Å². The molecule has 1 heterocycles. The lowest BCUT2D eigenvalue weighted by molar-refractivity contribution is 1.67. The van der Waals surface area contributed by atoms with Gasteiger partial charge in [-0.05, 0) is 66.7 Å². The molecule has 0 bridgehead atoms. The molecule has 8 rings (SSSR count). The highest BCUT2D eigenvalue weighted by Crippen LogP contribution is 2.48. The van der Waals surface area contributed by atoms with Gasteiger partial charge in [0.25, 0.3) is 0 Å². The molecule has 0 fully saturated rings. The van der Waals surface area contributed by atoms with Crippen molar-refractivity contribution in [2.45, 2.75) is 0 Å². The van der Waals surface area contributed by atoms with E-state index in [0.717, 1.165) is 0 Å². The van der Waals surface area contributed by atoms with Gasteiger partial charge in [-0.1, -0.05) is 121 Å². The highest BCUT2D eigenvalue weighted by Gasteiger charge is 2.19. The van der Waals surface area contributed by atoms with Crippen LogP contribution in [0.2, 0.25) is 0 Å². The van der Waals surface area contributed by atoms with Gasteiger partial charge in [0.15, 0.2) is 0 Å². The van der Waals surface area contributed by atoms with Gasteiger partial charge in [0.05, 0.1) is 0 Å². The molecule has 0 unspecified atom stereocenters. The Balaban J connectivity index is 1.60. The van der Waals surface area contributed by atoms with E-state index in [1.54, 1.807) is 0 Å². The molecule has 0 spiro atoms. The van der Waals surface area contributed by atoms with Crippen molar-refractivity contribution in [1.82, 2.24) is 0 Å². The van der Waals surface area contributed by atoms with Crippen molar-refractivity contribution in [2.24, 2.45) is 0 Å². The Kier molecular flexibility index (Phi) is 4.49. The van der Waals surface area contributed by atoms with Crippen LogP contribution in [-0.4, -0.2) is 0 Å². The molecule has 0 radical (unpaired) electrons. The second-order valence-corrected chi connectivity index (χ2v) is 10.7. The summed E-state index contributed by atoms with van der Waals surface area (Å²) in [4.78, 5) is 0. The van der Waals surface area contributed by atoms with Crippen LogP contribution < -0.4 is 0 Å². The molecule has 0 amide bonds. The Morgan fingerprint density at radius 3 is 1.49 bits per heavy atom. The van der Waals surface area contributed by atoms with E-state index in [4.69, 9.17) is 0 Å². The van der Waals surface area contributed by atoms with Crippen LogP contribution in [0.15, 0.2) is 133 Å². The van der Waals surface area contributed by atoms with Gasteiger partial charge >= 0.3 is 0 Å². The lowest BCUT2D eigenvalue weighted by Crippen LogP contribution is -1.91. The molecule has 1 aromatic heterocycles. The van der Waals surface area contributed by atoms with Gasteiger partial charge < -0.3 is 0 Å². The molecule has 0 aliphatic heterocycles. The third-order valence-corrected chi connectivity index (χ3v) is 8.77. The SMILES string of the molecule is c1ccc(-c2c3ccccc3c(-c3cc4sc5ccccc5c4c4ccccc34)c3ccccc23)cc1. The van der Waals surface area contributed by atoms with Gasteiger partial charge in [0.1, 0.15) is 0 Å². The lowest BCUT2D eigenvalue weighted by Gasteiger charge is -2.19. The van der Waals surface area contributed by atoms with Gasteiger partial charge in [-0.3, -0.25) is 0 Å². The number of thiophene rings is 1. The Labute approximate surface area is 219 Å². The first-order valence-corrected chi connectivity index (χ1v) is 13.5. The topological polar surface area (TPSA) is 0 Å². The zero-order chi connectivity index (χ0) is 24.3. The zero-order valence-electron chi connectivity index (χ0n) is 20.1. The molecule has 0 nitrogen and oxygen atoms in total. The van der Waals surface area contributed by atoms with Crippen molar-refractivity contribution in [3.63, 3.8) is 0 Å². The van der Waals surface area contributed by atoms with Crippen molar-refractivity contribution in [2.75, 3.05) is 0 Å². The van der Waals surface area contributed by atoms with Crippen LogP contribution in [0, 0.1) is 0 Å². The summed E-state index contributed by atoms with van der Waals surface area (Å²) in [5, 5.41) is 10.5. The molecule has 0 saturated heterocycles. The molecule has 0 aliphatic carbocycles. The summed E-state index contributed by atoms with van der Waals surface area (Å²) < 4.78 is 2.68. The Morgan fingerprint density at radius 2 is 0.838 bits per heavy atom.